The second-order valence-electron chi connectivity index (χ2n) is 6.45. The van der Waals surface area contributed by atoms with Gasteiger partial charge in [0.15, 0.2) is 5.75 Å². The molecule has 1 aliphatic rings. The van der Waals surface area contributed by atoms with Crippen molar-refractivity contribution in [1.29, 1.82) is 0 Å². The van der Waals surface area contributed by atoms with Crippen LogP contribution in [0.2, 0.25) is 0 Å². The molecule has 1 fully saturated rings. The van der Waals surface area contributed by atoms with E-state index in [1.807, 2.05) is 13.0 Å². The highest BCUT2D eigenvalue weighted by atomic mass is 16.6. The van der Waals surface area contributed by atoms with E-state index in [1.54, 1.807) is 17.0 Å². The van der Waals surface area contributed by atoms with Gasteiger partial charge in [-0.3, -0.25) is 10.1 Å². The lowest BCUT2D eigenvalue weighted by molar-refractivity contribution is -0.915. The third-order valence-corrected chi connectivity index (χ3v) is 4.11. The molecule has 6 heteroatoms. The van der Waals surface area contributed by atoms with E-state index in [2.05, 4.69) is 13.8 Å². The molecule has 0 bridgehead atoms. The van der Waals surface area contributed by atoms with Crippen molar-refractivity contribution in [3.8, 4) is 5.75 Å². The predicted molar refractivity (Wildman–Crippen MR) is 88.1 cm³/mol. The van der Waals surface area contributed by atoms with E-state index in [0.29, 0.717) is 24.6 Å². The third kappa shape index (κ3) is 5.48. The van der Waals surface area contributed by atoms with Crippen LogP contribution in [-0.4, -0.2) is 43.4 Å². The number of quaternary nitrogens is 1. The number of aryl methyl sites for hydroxylation is 1. The highest BCUT2D eigenvalue weighted by Crippen LogP contribution is 2.27. The Morgan fingerprint density at radius 1 is 1.30 bits per heavy atom. The van der Waals surface area contributed by atoms with Gasteiger partial charge in [0.1, 0.15) is 25.3 Å². The summed E-state index contributed by atoms with van der Waals surface area (Å²) in [5.41, 5.74) is 0.912. The smallest absolute Gasteiger partial charge is 0.311 e. The Kier molecular flexibility index (Phi) is 6.36. The number of nitro benzene ring substituents is 1. The topological polar surface area (TPSA) is 66.0 Å². The molecule has 1 aromatic carbocycles. The summed E-state index contributed by atoms with van der Waals surface area (Å²) in [5, 5.41) is 11.0. The van der Waals surface area contributed by atoms with E-state index in [-0.39, 0.29) is 10.6 Å². The second-order valence-corrected chi connectivity index (χ2v) is 6.45. The lowest BCUT2D eigenvalue weighted by Crippen LogP contribution is -3.15. The first-order chi connectivity index (χ1) is 11.0. The molecule has 1 N–H and O–H groups in total. The molecular formula is C17H27N2O4+. The van der Waals surface area contributed by atoms with Crippen molar-refractivity contribution >= 4 is 5.69 Å². The van der Waals surface area contributed by atoms with Crippen LogP contribution in [0.3, 0.4) is 0 Å². The molecule has 2 rings (SSSR count). The van der Waals surface area contributed by atoms with E-state index < -0.39 is 0 Å². The van der Waals surface area contributed by atoms with E-state index >= 15 is 0 Å². The zero-order valence-corrected chi connectivity index (χ0v) is 14.2. The van der Waals surface area contributed by atoms with Crippen LogP contribution in [0.15, 0.2) is 18.2 Å². The van der Waals surface area contributed by atoms with Crippen molar-refractivity contribution in [3.63, 3.8) is 0 Å². The van der Waals surface area contributed by atoms with Gasteiger partial charge < -0.3 is 14.4 Å². The van der Waals surface area contributed by atoms with Crippen molar-refractivity contribution in [3.05, 3.63) is 33.9 Å². The monoisotopic (exact) mass is 323 g/mol. The Morgan fingerprint density at radius 2 is 2.00 bits per heavy atom. The minimum Gasteiger partial charge on any atom is -0.487 e. The Labute approximate surface area is 137 Å². The van der Waals surface area contributed by atoms with Crippen molar-refractivity contribution in [2.24, 2.45) is 0 Å². The van der Waals surface area contributed by atoms with E-state index in [1.165, 1.54) is 0 Å². The first-order valence-corrected chi connectivity index (χ1v) is 8.32. The summed E-state index contributed by atoms with van der Waals surface area (Å²) in [6.45, 7) is 9.79. The summed E-state index contributed by atoms with van der Waals surface area (Å²) in [7, 11) is 0. The van der Waals surface area contributed by atoms with Gasteiger partial charge in [-0.25, -0.2) is 0 Å². The number of hydrogen-bond donors (Lipinski definition) is 1. The zero-order valence-electron chi connectivity index (χ0n) is 14.2. The van der Waals surface area contributed by atoms with Gasteiger partial charge in [-0.15, -0.1) is 0 Å². The summed E-state index contributed by atoms with van der Waals surface area (Å²) in [6, 6.07) is 5.07. The fraction of sp³-hybridized carbons (Fsp3) is 0.647. The molecule has 3 atom stereocenters. The maximum Gasteiger partial charge on any atom is 0.311 e. The van der Waals surface area contributed by atoms with Crippen LogP contribution in [0.4, 0.5) is 5.69 Å². The largest absolute Gasteiger partial charge is 0.487 e. The minimum atomic E-state index is -0.386. The molecule has 0 aromatic heterocycles. The molecule has 128 valence electrons. The number of rotatable bonds is 7. The maximum absolute atomic E-state index is 11.0. The van der Waals surface area contributed by atoms with Crippen molar-refractivity contribution in [2.45, 2.75) is 45.8 Å². The SMILES string of the molecule is Cc1ccc(OCCCC[NH+]2C[C@@H](C)O[C@@H](C)C2)c([N+](=O)[O-])c1. The molecule has 0 amide bonds. The van der Waals surface area contributed by atoms with Crippen LogP contribution in [0, 0.1) is 17.0 Å². The number of hydrogen-bond acceptors (Lipinski definition) is 4. The van der Waals surface area contributed by atoms with Gasteiger partial charge in [0.05, 0.1) is 18.1 Å². The fourth-order valence-electron chi connectivity index (χ4n) is 3.14. The molecule has 0 aliphatic carbocycles. The average Bonchev–Trinajstić information content (AvgIpc) is 2.47. The van der Waals surface area contributed by atoms with Crippen LogP contribution >= 0.6 is 0 Å². The van der Waals surface area contributed by atoms with Crippen LogP contribution in [0.1, 0.15) is 32.3 Å². The van der Waals surface area contributed by atoms with Gasteiger partial charge in [0, 0.05) is 6.07 Å². The van der Waals surface area contributed by atoms with Crippen molar-refractivity contribution in [2.75, 3.05) is 26.2 Å². The van der Waals surface area contributed by atoms with Crippen molar-refractivity contribution in [1.82, 2.24) is 0 Å². The van der Waals surface area contributed by atoms with Gasteiger partial charge in [-0.2, -0.15) is 0 Å². The molecule has 1 aliphatic heterocycles. The summed E-state index contributed by atoms with van der Waals surface area (Å²) in [4.78, 5) is 12.2. The number of nitro groups is 1. The number of benzene rings is 1. The average molecular weight is 323 g/mol. The Morgan fingerprint density at radius 3 is 2.65 bits per heavy atom. The molecule has 1 aromatic rings. The Hall–Kier alpha value is -1.66. The molecular weight excluding hydrogens is 296 g/mol. The van der Waals surface area contributed by atoms with Crippen LogP contribution in [0.25, 0.3) is 0 Å². The van der Waals surface area contributed by atoms with E-state index in [0.717, 1.165) is 38.0 Å². The van der Waals surface area contributed by atoms with Crippen LogP contribution < -0.4 is 9.64 Å². The van der Waals surface area contributed by atoms with E-state index in [9.17, 15) is 10.1 Å². The van der Waals surface area contributed by atoms with Crippen LogP contribution in [0.5, 0.6) is 5.75 Å². The number of nitrogens with zero attached hydrogens (tertiary/aromatic N) is 1. The number of nitrogens with one attached hydrogen (secondary N) is 1. The van der Waals surface area contributed by atoms with Gasteiger partial charge in [-0.05, 0) is 45.2 Å². The standard InChI is InChI=1S/C17H26N2O4/c1-13-6-7-17(16(10-13)19(20)21)22-9-5-4-8-18-11-14(2)23-15(3)12-18/h6-7,10,14-15H,4-5,8-9,11-12H2,1-3H3/p+1/t14-,15+. The van der Waals surface area contributed by atoms with Gasteiger partial charge in [-0.1, -0.05) is 6.07 Å². The third-order valence-electron chi connectivity index (χ3n) is 4.11. The molecule has 0 spiro atoms. The maximum atomic E-state index is 11.0. The van der Waals surface area contributed by atoms with Gasteiger partial charge >= 0.3 is 5.69 Å². The minimum absolute atomic E-state index is 0.0476. The molecule has 23 heavy (non-hydrogen) atoms. The second kappa shape index (κ2) is 8.26. The quantitative estimate of drug-likeness (QED) is 0.472. The number of morpholine rings is 1. The lowest BCUT2D eigenvalue weighted by Gasteiger charge is -2.32. The lowest BCUT2D eigenvalue weighted by atomic mass is 10.2. The predicted octanol–water partition coefficient (Wildman–Crippen LogP) is 1.75. The van der Waals surface area contributed by atoms with E-state index in [4.69, 9.17) is 9.47 Å². The normalized spacial score (nSPS) is 24.4. The highest BCUT2D eigenvalue weighted by molar-refractivity contribution is 5.48. The Bertz CT molecular complexity index is 525. The van der Waals surface area contributed by atoms with Crippen LogP contribution in [-0.2, 0) is 4.74 Å². The summed E-state index contributed by atoms with van der Waals surface area (Å²) in [6.07, 6.45) is 2.59. The molecule has 6 nitrogen and oxygen atoms in total. The Balaban J connectivity index is 1.73. The summed E-state index contributed by atoms with van der Waals surface area (Å²) < 4.78 is 11.3. The molecule has 0 radical (unpaired) electrons. The number of unbranched alkanes of at least 4 members (excludes halogenated alkanes) is 1. The zero-order chi connectivity index (χ0) is 16.8. The highest BCUT2D eigenvalue weighted by Gasteiger charge is 2.24. The van der Waals surface area contributed by atoms with Crippen molar-refractivity contribution < 1.29 is 19.3 Å². The number of ether oxygens (including phenoxy) is 2. The summed E-state index contributed by atoms with van der Waals surface area (Å²) >= 11 is 0. The molecule has 1 saturated heterocycles. The molecule has 1 unspecified atom stereocenters. The first-order valence-electron chi connectivity index (χ1n) is 8.32. The van der Waals surface area contributed by atoms with Gasteiger partial charge in [0.25, 0.3) is 0 Å². The summed E-state index contributed by atoms with van der Waals surface area (Å²) in [5.74, 6) is 0.363. The van der Waals surface area contributed by atoms with Gasteiger partial charge in [0.2, 0.25) is 0 Å². The molecule has 1 heterocycles. The first kappa shape index (κ1) is 17.7. The fourth-order valence-corrected chi connectivity index (χ4v) is 3.14. The molecule has 0 saturated carbocycles.